The molecule has 5 heteroatoms. The molecule has 2 N–H and O–H groups in total. The first kappa shape index (κ1) is 20.0. The summed E-state index contributed by atoms with van der Waals surface area (Å²) in [6, 6.07) is 15.6. The number of carbonyl (C=O) groups is 1. The molecule has 5 nitrogen and oxygen atoms in total. The standard InChI is InChI=1S/C24H22N4O.H2/c1-16-11-20(7-8-23(26)29)12-17(2)22(16)14-21-9-10-27-24(28-21)13-18-3-5-19(15-25)6-4-18;/h3-12H,13-14H2,1-2H3,(H2,26,29);1H/i;1+2. The van der Waals surface area contributed by atoms with Gasteiger partial charge in [0, 0.05) is 32.2 Å². The molecule has 0 radical (unpaired) electrons. The SMILES string of the molecule is Cc1cc(C=CC(N)=O)cc(C)c1Cc1ccnc(Cc2ccc(C#N)cc2)n1.[3HH]. The van der Waals surface area contributed by atoms with Crippen LogP contribution in [0.5, 0.6) is 0 Å². The molecule has 3 rings (SSSR count). The zero-order chi connectivity index (χ0) is 20.8. The molecule has 1 aromatic heterocycles. The molecule has 0 saturated heterocycles. The van der Waals surface area contributed by atoms with E-state index in [1.54, 1.807) is 24.4 Å². The largest absolute Gasteiger partial charge is 0.366 e. The van der Waals surface area contributed by atoms with Crippen molar-refractivity contribution in [3.05, 3.63) is 99.6 Å². The highest BCUT2D eigenvalue weighted by Gasteiger charge is 2.08. The van der Waals surface area contributed by atoms with Gasteiger partial charge in [-0.3, -0.25) is 4.79 Å². The van der Waals surface area contributed by atoms with Gasteiger partial charge in [-0.25, -0.2) is 9.97 Å². The Balaban J connectivity index is 0.00000320. The number of primary amides is 1. The molecule has 3 aromatic rings. The number of nitriles is 1. The maximum atomic E-state index is 11.0. The van der Waals surface area contributed by atoms with E-state index in [4.69, 9.17) is 16.0 Å². The fourth-order valence-corrected chi connectivity index (χ4v) is 3.27. The van der Waals surface area contributed by atoms with Crippen LogP contribution in [0.3, 0.4) is 0 Å². The number of nitrogens with two attached hydrogens (primary N) is 1. The van der Waals surface area contributed by atoms with Gasteiger partial charge in [0.15, 0.2) is 0 Å². The summed E-state index contributed by atoms with van der Waals surface area (Å²) in [5, 5.41) is 8.91. The Kier molecular flexibility index (Phi) is 6.16. The number of benzene rings is 2. The van der Waals surface area contributed by atoms with Crippen LogP contribution in [0, 0.1) is 25.2 Å². The molecular formula is C24H24N4O. The zero-order valence-corrected chi connectivity index (χ0v) is 16.5. The molecule has 0 saturated carbocycles. The topological polar surface area (TPSA) is 92.7 Å². The van der Waals surface area contributed by atoms with Gasteiger partial charge < -0.3 is 5.73 Å². The van der Waals surface area contributed by atoms with Crippen molar-refractivity contribution in [3.63, 3.8) is 0 Å². The first-order valence-electron chi connectivity index (χ1n) is 9.32. The van der Waals surface area contributed by atoms with Crippen LogP contribution in [-0.4, -0.2) is 15.9 Å². The summed E-state index contributed by atoms with van der Waals surface area (Å²) < 4.78 is 0. The van der Waals surface area contributed by atoms with Gasteiger partial charge in [-0.1, -0.05) is 24.3 Å². The average Bonchev–Trinajstić information content (AvgIpc) is 2.70. The van der Waals surface area contributed by atoms with Crippen molar-refractivity contribution < 1.29 is 6.22 Å². The normalized spacial score (nSPS) is 10.8. The second-order valence-corrected chi connectivity index (χ2v) is 7.00. The highest BCUT2D eigenvalue weighted by atomic mass is 16.1. The van der Waals surface area contributed by atoms with Crippen LogP contribution in [0.15, 0.2) is 54.7 Å². The van der Waals surface area contributed by atoms with Gasteiger partial charge in [0.25, 0.3) is 0 Å². The van der Waals surface area contributed by atoms with Gasteiger partial charge in [0.1, 0.15) is 5.82 Å². The Hall–Kier alpha value is -3.78. The third kappa shape index (κ3) is 5.36. The fourth-order valence-electron chi connectivity index (χ4n) is 3.27. The summed E-state index contributed by atoms with van der Waals surface area (Å²) in [6.07, 6.45) is 6.21. The Morgan fingerprint density at radius 2 is 1.83 bits per heavy atom. The molecule has 0 atom stereocenters. The molecule has 0 aliphatic carbocycles. The minimum absolute atomic E-state index is 0. The van der Waals surface area contributed by atoms with E-state index in [1.807, 2.05) is 30.3 Å². The summed E-state index contributed by atoms with van der Waals surface area (Å²) in [6.45, 7) is 4.12. The van der Waals surface area contributed by atoms with Crippen molar-refractivity contribution in [2.75, 3.05) is 0 Å². The summed E-state index contributed by atoms with van der Waals surface area (Å²) >= 11 is 0. The smallest absolute Gasteiger partial charge is 0.241 e. The summed E-state index contributed by atoms with van der Waals surface area (Å²) in [5.74, 6) is 0.295. The van der Waals surface area contributed by atoms with Crippen LogP contribution >= 0.6 is 0 Å². The number of rotatable bonds is 6. The van der Waals surface area contributed by atoms with Crippen LogP contribution in [0.25, 0.3) is 6.08 Å². The first-order chi connectivity index (χ1) is 13.9. The van der Waals surface area contributed by atoms with E-state index in [1.165, 1.54) is 11.6 Å². The Morgan fingerprint density at radius 3 is 2.45 bits per heavy atom. The van der Waals surface area contributed by atoms with E-state index in [2.05, 4.69) is 24.9 Å². The van der Waals surface area contributed by atoms with E-state index in [0.29, 0.717) is 18.4 Å². The Morgan fingerprint density at radius 1 is 1.14 bits per heavy atom. The minimum Gasteiger partial charge on any atom is -0.366 e. The minimum atomic E-state index is -0.458. The molecule has 0 aliphatic rings. The van der Waals surface area contributed by atoms with Gasteiger partial charge in [-0.2, -0.15) is 5.26 Å². The third-order valence-electron chi connectivity index (χ3n) is 4.72. The fraction of sp³-hybridized carbons (Fsp3) is 0.167. The van der Waals surface area contributed by atoms with Crippen LogP contribution in [0.1, 0.15) is 46.3 Å². The van der Waals surface area contributed by atoms with Crippen LogP contribution in [-0.2, 0) is 17.6 Å². The molecular weight excluding hydrogens is 360 g/mol. The van der Waals surface area contributed by atoms with E-state index in [-0.39, 0.29) is 1.43 Å². The molecule has 146 valence electrons. The van der Waals surface area contributed by atoms with Gasteiger partial charge >= 0.3 is 0 Å². The number of aromatic nitrogens is 2. The number of carbonyl (C=O) groups excluding carboxylic acids is 1. The molecule has 1 heterocycles. The van der Waals surface area contributed by atoms with Gasteiger partial charge in [-0.05, 0) is 65.9 Å². The second-order valence-electron chi connectivity index (χ2n) is 7.00. The van der Waals surface area contributed by atoms with Crippen LogP contribution in [0.4, 0.5) is 0 Å². The van der Waals surface area contributed by atoms with Crippen molar-refractivity contribution >= 4 is 12.0 Å². The molecule has 0 aliphatic heterocycles. The number of aryl methyl sites for hydroxylation is 2. The summed E-state index contributed by atoms with van der Waals surface area (Å²) in [7, 11) is 0. The predicted molar refractivity (Wildman–Crippen MR) is 115 cm³/mol. The highest BCUT2D eigenvalue weighted by Crippen LogP contribution is 2.21. The van der Waals surface area contributed by atoms with E-state index >= 15 is 0 Å². The molecule has 0 fully saturated rings. The number of nitrogens with zero attached hydrogens (tertiary/aromatic N) is 3. The summed E-state index contributed by atoms with van der Waals surface area (Å²) in [4.78, 5) is 20.1. The third-order valence-corrected chi connectivity index (χ3v) is 4.72. The molecule has 0 bridgehead atoms. The van der Waals surface area contributed by atoms with Crippen molar-refractivity contribution in [2.45, 2.75) is 26.7 Å². The lowest BCUT2D eigenvalue weighted by Crippen LogP contribution is -2.05. The summed E-state index contributed by atoms with van der Waals surface area (Å²) in [5.41, 5.74) is 12.3. The first-order valence-corrected chi connectivity index (χ1v) is 9.32. The lowest BCUT2D eigenvalue weighted by atomic mass is 9.95. The number of hydrogen-bond acceptors (Lipinski definition) is 4. The van der Waals surface area contributed by atoms with Crippen molar-refractivity contribution in [1.82, 2.24) is 9.97 Å². The van der Waals surface area contributed by atoms with E-state index < -0.39 is 5.91 Å². The molecule has 2 aromatic carbocycles. The molecule has 0 spiro atoms. The number of hydrogen-bond donors (Lipinski definition) is 1. The van der Waals surface area contributed by atoms with E-state index in [9.17, 15) is 4.79 Å². The molecule has 0 unspecified atom stereocenters. The van der Waals surface area contributed by atoms with Crippen molar-refractivity contribution in [1.29, 1.82) is 5.26 Å². The van der Waals surface area contributed by atoms with E-state index in [0.717, 1.165) is 33.8 Å². The number of amides is 1. The lowest BCUT2D eigenvalue weighted by Gasteiger charge is -2.12. The zero-order valence-electron chi connectivity index (χ0n) is 16.5. The second kappa shape index (κ2) is 8.94. The molecule has 1 amide bonds. The quantitative estimate of drug-likeness (QED) is 0.651. The highest BCUT2D eigenvalue weighted by molar-refractivity contribution is 5.90. The van der Waals surface area contributed by atoms with Gasteiger partial charge in [0.05, 0.1) is 11.6 Å². The van der Waals surface area contributed by atoms with Crippen LogP contribution in [0.2, 0.25) is 0 Å². The lowest BCUT2D eigenvalue weighted by molar-refractivity contribution is -0.113. The average molecular weight is 386 g/mol. The molecule has 29 heavy (non-hydrogen) atoms. The Labute approximate surface area is 172 Å². The predicted octanol–water partition coefficient (Wildman–Crippen LogP) is 3.89. The van der Waals surface area contributed by atoms with Crippen molar-refractivity contribution in [2.24, 2.45) is 5.73 Å². The maximum absolute atomic E-state index is 11.0. The maximum Gasteiger partial charge on any atom is 0.241 e. The van der Waals surface area contributed by atoms with Crippen LogP contribution < -0.4 is 5.73 Å². The van der Waals surface area contributed by atoms with Gasteiger partial charge in [0.2, 0.25) is 5.91 Å². The monoisotopic (exact) mass is 386 g/mol. The van der Waals surface area contributed by atoms with Crippen molar-refractivity contribution in [3.8, 4) is 6.07 Å². The van der Waals surface area contributed by atoms with Gasteiger partial charge in [-0.15, -0.1) is 0 Å². The Bertz CT molecular complexity index is 1090.